The van der Waals surface area contributed by atoms with E-state index in [-0.39, 0.29) is 11.3 Å². The zero-order valence-corrected chi connectivity index (χ0v) is 12.0. The Hall–Kier alpha value is -1.36. The molecule has 1 aromatic heterocycles. The van der Waals surface area contributed by atoms with Crippen LogP contribution in [0.25, 0.3) is 0 Å². The molecule has 0 spiro atoms. The van der Waals surface area contributed by atoms with Crippen LogP contribution in [0.15, 0.2) is 12.4 Å². The van der Waals surface area contributed by atoms with E-state index in [0.717, 1.165) is 31.7 Å². The maximum atomic E-state index is 11.8. The smallest absolute Gasteiger partial charge is 0.224 e. The van der Waals surface area contributed by atoms with E-state index < -0.39 is 0 Å². The fraction of sp³-hybridized carbons (Fsp3) is 0.714. The molecule has 0 unspecified atom stereocenters. The van der Waals surface area contributed by atoms with Gasteiger partial charge in [-0.2, -0.15) is 5.10 Å². The third kappa shape index (κ3) is 4.35. The quantitative estimate of drug-likeness (QED) is 0.914. The highest BCUT2D eigenvalue weighted by Crippen LogP contribution is 2.22. The third-order valence-electron chi connectivity index (χ3n) is 3.14. The van der Waals surface area contributed by atoms with Crippen LogP contribution in [0.5, 0.6) is 0 Å². The van der Waals surface area contributed by atoms with Crippen molar-refractivity contribution >= 4 is 11.6 Å². The second kappa shape index (κ2) is 5.74. The Morgan fingerprint density at radius 2 is 2.16 bits per heavy atom. The summed E-state index contributed by atoms with van der Waals surface area (Å²) in [4.78, 5) is 11.8. The van der Waals surface area contributed by atoms with Crippen molar-refractivity contribution in [2.75, 3.05) is 18.5 Å². The van der Waals surface area contributed by atoms with Crippen LogP contribution in [0.2, 0.25) is 0 Å². The van der Waals surface area contributed by atoms with Crippen molar-refractivity contribution in [3.8, 4) is 0 Å². The summed E-state index contributed by atoms with van der Waals surface area (Å²) in [7, 11) is 0. The highest BCUT2D eigenvalue weighted by Gasteiger charge is 2.18. The van der Waals surface area contributed by atoms with Gasteiger partial charge >= 0.3 is 0 Å². The lowest BCUT2D eigenvalue weighted by molar-refractivity contribution is -0.117. The molecule has 1 fully saturated rings. The Bertz CT molecular complexity index is 428. The SMILES string of the molecule is CC(C)(C)CC(=O)Nc1cnn(C2CCOCC2)c1. The molecule has 106 valence electrons. The van der Waals surface area contributed by atoms with Gasteiger partial charge in [-0.1, -0.05) is 20.8 Å². The van der Waals surface area contributed by atoms with Crippen molar-refractivity contribution < 1.29 is 9.53 Å². The third-order valence-corrected chi connectivity index (χ3v) is 3.14. The topological polar surface area (TPSA) is 56.2 Å². The van der Waals surface area contributed by atoms with Gasteiger partial charge in [0.05, 0.1) is 17.9 Å². The molecule has 0 radical (unpaired) electrons. The summed E-state index contributed by atoms with van der Waals surface area (Å²) in [6.07, 6.45) is 6.11. The predicted molar refractivity (Wildman–Crippen MR) is 74.0 cm³/mol. The van der Waals surface area contributed by atoms with Crippen LogP contribution in [0.3, 0.4) is 0 Å². The Kier molecular flexibility index (Phi) is 4.24. The highest BCUT2D eigenvalue weighted by molar-refractivity contribution is 5.90. The normalized spacial score (nSPS) is 17.4. The molecule has 0 atom stereocenters. The van der Waals surface area contributed by atoms with E-state index in [4.69, 9.17) is 4.74 Å². The van der Waals surface area contributed by atoms with Gasteiger partial charge < -0.3 is 10.1 Å². The van der Waals surface area contributed by atoms with Crippen molar-refractivity contribution in [3.63, 3.8) is 0 Å². The molecule has 1 aromatic rings. The summed E-state index contributed by atoms with van der Waals surface area (Å²) in [6, 6.07) is 0.391. The minimum Gasteiger partial charge on any atom is -0.381 e. The molecule has 19 heavy (non-hydrogen) atoms. The molecule has 0 aromatic carbocycles. The fourth-order valence-corrected chi connectivity index (χ4v) is 2.24. The largest absolute Gasteiger partial charge is 0.381 e. The van der Waals surface area contributed by atoms with Crippen LogP contribution in [-0.4, -0.2) is 28.9 Å². The molecule has 1 amide bonds. The van der Waals surface area contributed by atoms with Crippen LogP contribution >= 0.6 is 0 Å². The number of rotatable bonds is 3. The molecule has 0 bridgehead atoms. The Balaban J connectivity index is 1.91. The highest BCUT2D eigenvalue weighted by atomic mass is 16.5. The first kappa shape index (κ1) is 14.1. The first-order chi connectivity index (χ1) is 8.94. The lowest BCUT2D eigenvalue weighted by Crippen LogP contribution is -2.20. The number of hydrogen-bond acceptors (Lipinski definition) is 3. The minimum atomic E-state index is 0.000780. The van der Waals surface area contributed by atoms with E-state index in [9.17, 15) is 4.79 Å². The molecular formula is C14H23N3O2. The molecule has 0 aliphatic carbocycles. The zero-order valence-electron chi connectivity index (χ0n) is 12.0. The maximum Gasteiger partial charge on any atom is 0.224 e. The number of anilines is 1. The molecular weight excluding hydrogens is 242 g/mol. The first-order valence-corrected chi connectivity index (χ1v) is 6.86. The van der Waals surface area contributed by atoms with Crippen LogP contribution in [-0.2, 0) is 9.53 Å². The molecule has 5 heteroatoms. The summed E-state index contributed by atoms with van der Waals surface area (Å²) in [5, 5.41) is 7.24. The van der Waals surface area contributed by atoms with Gasteiger partial charge in [-0.05, 0) is 18.3 Å². The molecule has 1 N–H and O–H groups in total. The lowest BCUT2D eigenvalue weighted by atomic mass is 9.92. The van der Waals surface area contributed by atoms with Gasteiger partial charge in [0.25, 0.3) is 0 Å². The number of amides is 1. The number of nitrogens with one attached hydrogen (secondary N) is 1. The molecule has 5 nitrogen and oxygen atoms in total. The van der Waals surface area contributed by atoms with Gasteiger partial charge in [-0.15, -0.1) is 0 Å². The summed E-state index contributed by atoms with van der Waals surface area (Å²) in [6.45, 7) is 7.74. The number of carbonyl (C=O) groups excluding carboxylic acids is 1. The number of aromatic nitrogens is 2. The maximum absolute atomic E-state index is 11.8. The molecule has 2 rings (SSSR count). The fourth-order valence-electron chi connectivity index (χ4n) is 2.24. The standard InChI is InChI=1S/C14H23N3O2/c1-14(2,3)8-13(18)16-11-9-15-17(10-11)12-4-6-19-7-5-12/h9-10,12H,4-8H2,1-3H3,(H,16,18). The first-order valence-electron chi connectivity index (χ1n) is 6.86. The molecule has 0 saturated carbocycles. The van der Waals surface area contributed by atoms with E-state index in [1.807, 2.05) is 10.9 Å². The van der Waals surface area contributed by atoms with E-state index in [0.29, 0.717) is 12.5 Å². The Morgan fingerprint density at radius 1 is 1.47 bits per heavy atom. The van der Waals surface area contributed by atoms with Gasteiger partial charge in [-0.3, -0.25) is 9.48 Å². The minimum absolute atomic E-state index is 0.000780. The van der Waals surface area contributed by atoms with Gasteiger partial charge in [-0.25, -0.2) is 0 Å². The number of nitrogens with zero attached hydrogens (tertiary/aromatic N) is 2. The lowest BCUT2D eigenvalue weighted by Gasteiger charge is -2.22. The van der Waals surface area contributed by atoms with Crippen molar-refractivity contribution in [1.82, 2.24) is 9.78 Å². The predicted octanol–water partition coefficient (Wildman–Crippen LogP) is 2.61. The second-order valence-corrected chi connectivity index (χ2v) is 6.34. The summed E-state index contributed by atoms with van der Waals surface area (Å²) in [5.41, 5.74) is 0.779. The van der Waals surface area contributed by atoms with Crippen molar-refractivity contribution in [3.05, 3.63) is 12.4 Å². The van der Waals surface area contributed by atoms with Gasteiger partial charge in [0.15, 0.2) is 0 Å². The number of hydrogen-bond donors (Lipinski definition) is 1. The second-order valence-electron chi connectivity index (χ2n) is 6.34. The van der Waals surface area contributed by atoms with Gasteiger partial charge in [0.2, 0.25) is 5.91 Å². The van der Waals surface area contributed by atoms with Crippen LogP contribution in [0.1, 0.15) is 46.1 Å². The van der Waals surface area contributed by atoms with Gasteiger partial charge in [0.1, 0.15) is 0 Å². The summed E-state index contributed by atoms with van der Waals surface area (Å²) < 4.78 is 7.28. The van der Waals surface area contributed by atoms with E-state index >= 15 is 0 Å². The summed E-state index contributed by atoms with van der Waals surface area (Å²) in [5.74, 6) is 0.0408. The zero-order chi connectivity index (χ0) is 13.9. The van der Waals surface area contributed by atoms with Crippen molar-refractivity contribution in [2.24, 2.45) is 5.41 Å². The monoisotopic (exact) mass is 265 g/mol. The Labute approximate surface area is 114 Å². The molecule has 1 aliphatic rings. The number of carbonyl (C=O) groups is 1. The molecule has 1 aliphatic heterocycles. The molecule has 2 heterocycles. The van der Waals surface area contributed by atoms with Crippen LogP contribution in [0.4, 0.5) is 5.69 Å². The van der Waals surface area contributed by atoms with E-state index in [2.05, 4.69) is 31.2 Å². The van der Waals surface area contributed by atoms with E-state index in [1.54, 1.807) is 6.20 Å². The molecule has 1 saturated heterocycles. The average Bonchev–Trinajstić information content (AvgIpc) is 2.76. The Morgan fingerprint density at radius 3 is 2.79 bits per heavy atom. The van der Waals surface area contributed by atoms with Gasteiger partial charge in [0, 0.05) is 25.8 Å². The van der Waals surface area contributed by atoms with E-state index in [1.165, 1.54) is 0 Å². The number of ether oxygens (including phenoxy) is 1. The average molecular weight is 265 g/mol. The van der Waals surface area contributed by atoms with Crippen molar-refractivity contribution in [1.29, 1.82) is 0 Å². The van der Waals surface area contributed by atoms with Crippen LogP contribution in [0, 0.1) is 5.41 Å². The van der Waals surface area contributed by atoms with Crippen molar-refractivity contribution in [2.45, 2.75) is 46.1 Å². The summed E-state index contributed by atoms with van der Waals surface area (Å²) >= 11 is 0. The van der Waals surface area contributed by atoms with Crippen LogP contribution < -0.4 is 5.32 Å².